The summed E-state index contributed by atoms with van der Waals surface area (Å²) < 4.78 is 5.78. The van der Waals surface area contributed by atoms with Crippen LogP contribution in [-0.2, 0) is 17.6 Å². The first-order chi connectivity index (χ1) is 15.1. The van der Waals surface area contributed by atoms with Gasteiger partial charge in [0.25, 0.3) is 0 Å². The van der Waals surface area contributed by atoms with Gasteiger partial charge in [0.2, 0.25) is 5.91 Å². The molecule has 0 bridgehead atoms. The maximum absolute atomic E-state index is 13.1. The van der Waals surface area contributed by atoms with E-state index in [2.05, 4.69) is 35.6 Å². The van der Waals surface area contributed by atoms with Crippen LogP contribution in [0, 0.1) is 0 Å². The average molecular weight is 421 g/mol. The zero-order valence-electron chi connectivity index (χ0n) is 18.4. The third-order valence-corrected chi connectivity index (χ3v) is 5.53. The summed E-state index contributed by atoms with van der Waals surface area (Å²) in [5.41, 5.74) is 2.21. The molecular formula is C26H32N2O3. The van der Waals surface area contributed by atoms with Crippen molar-refractivity contribution in [3.63, 3.8) is 0 Å². The first-order valence-electron chi connectivity index (χ1n) is 10.8. The molecule has 3 aromatic rings. The number of fused-ring (bicyclic) bond motifs is 1. The highest BCUT2D eigenvalue weighted by Crippen LogP contribution is 2.20. The number of aliphatic hydroxyl groups is 1. The van der Waals surface area contributed by atoms with E-state index in [0.29, 0.717) is 32.4 Å². The van der Waals surface area contributed by atoms with Gasteiger partial charge in [-0.05, 0) is 47.9 Å². The molecule has 0 radical (unpaired) electrons. The lowest BCUT2D eigenvalue weighted by molar-refractivity contribution is -0.132. The number of benzene rings is 3. The Morgan fingerprint density at radius 2 is 1.81 bits per heavy atom. The number of carbonyl (C=O) groups excluding carboxylic acids is 1. The average Bonchev–Trinajstić information content (AvgIpc) is 2.81. The summed E-state index contributed by atoms with van der Waals surface area (Å²) >= 11 is 0. The van der Waals surface area contributed by atoms with Gasteiger partial charge < -0.3 is 20.1 Å². The lowest BCUT2D eigenvalue weighted by Gasteiger charge is -2.24. The zero-order chi connectivity index (χ0) is 22.1. The minimum Gasteiger partial charge on any atom is -0.493 e. The third-order valence-electron chi connectivity index (χ3n) is 5.53. The molecule has 2 N–H and O–H groups in total. The number of carbonyl (C=O) groups is 1. The molecule has 164 valence electrons. The van der Waals surface area contributed by atoms with Crippen LogP contribution in [0.25, 0.3) is 10.8 Å². The van der Waals surface area contributed by atoms with E-state index in [4.69, 9.17) is 9.84 Å². The van der Waals surface area contributed by atoms with Crippen LogP contribution in [0.5, 0.6) is 5.75 Å². The molecule has 0 aliphatic rings. The fourth-order valence-corrected chi connectivity index (χ4v) is 3.68. The number of amides is 1. The highest BCUT2D eigenvalue weighted by molar-refractivity contribution is 5.84. The summed E-state index contributed by atoms with van der Waals surface area (Å²) in [4.78, 5) is 14.8. The van der Waals surface area contributed by atoms with Gasteiger partial charge in [0.15, 0.2) is 0 Å². The quantitative estimate of drug-likeness (QED) is 0.467. The van der Waals surface area contributed by atoms with E-state index in [9.17, 15) is 4.79 Å². The van der Waals surface area contributed by atoms with Crippen molar-refractivity contribution in [2.24, 2.45) is 0 Å². The van der Waals surface area contributed by atoms with Crippen LogP contribution in [0.4, 0.5) is 0 Å². The SMILES string of the molecule is CN[C@H](Cc1ccc2ccccc2c1)C(=O)N(C)CCc1ccccc1OCCCO. The number of nitrogens with zero attached hydrogens (tertiary/aromatic N) is 1. The molecule has 0 aliphatic carbocycles. The van der Waals surface area contributed by atoms with Gasteiger partial charge in [0.05, 0.1) is 12.6 Å². The normalized spacial score (nSPS) is 12.0. The Bertz CT molecular complexity index is 989. The van der Waals surface area contributed by atoms with Crippen molar-refractivity contribution in [1.29, 1.82) is 0 Å². The predicted octanol–water partition coefficient (Wildman–Crippen LogP) is 3.43. The zero-order valence-corrected chi connectivity index (χ0v) is 18.4. The lowest BCUT2D eigenvalue weighted by atomic mass is 10.0. The van der Waals surface area contributed by atoms with E-state index >= 15 is 0 Å². The molecule has 0 fully saturated rings. The molecule has 0 saturated carbocycles. The van der Waals surface area contributed by atoms with Gasteiger partial charge in [-0.2, -0.15) is 0 Å². The summed E-state index contributed by atoms with van der Waals surface area (Å²) in [7, 11) is 3.68. The van der Waals surface area contributed by atoms with Gasteiger partial charge in [-0.25, -0.2) is 0 Å². The Balaban J connectivity index is 1.60. The van der Waals surface area contributed by atoms with Crippen molar-refractivity contribution in [1.82, 2.24) is 10.2 Å². The Morgan fingerprint density at radius 1 is 1.06 bits per heavy atom. The van der Waals surface area contributed by atoms with Crippen LogP contribution < -0.4 is 10.1 Å². The molecule has 3 aromatic carbocycles. The van der Waals surface area contributed by atoms with Crippen LogP contribution in [0.15, 0.2) is 66.7 Å². The van der Waals surface area contributed by atoms with E-state index in [1.807, 2.05) is 50.5 Å². The monoisotopic (exact) mass is 420 g/mol. The fraction of sp³-hybridized carbons (Fsp3) is 0.346. The second kappa shape index (κ2) is 11.5. The number of ether oxygens (including phenoxy) is 1. The van der Waals surface area contributed by atoms with Gasteiger partial charge >= 0.3 is 0 Å². The molecule has 0 spiro atoms. The highest BCUT2D eigenvalue weighted by Gasteiger charge is 2.21. The van der Waals surface area contributed by atoms with Crippen molar-refractivity contribution in [2.45, 2.75) is 25.3 Å². The number of nitrogens with one attached hydrogen (secondary N) is 1. The first-order valence-corrected chi connectivity index (χ1v) is 10.8. The van der Waals surface area contributed by atoms with E-state index < -0.39 is 0 Å². The molecule has 1 amide bonds. The number of hydrogen-bond donors (Lipinski definition) is 2. The summed E-state index contributed by atoms with van der Waals surface area (Å²) in [5.74, 6) is 0.896. The maximum atomic E-state index is 13.1. The van der Waals surface area contributed by atoms with Crippen molar-refractivity contribution in [3.8, 4) is 5.75 Å². The molecule has 0 aromatic heterocycles. The number of para-hydroxylation sites is 1. The van der Waals surface area contributed by atoms with Gasteiger partial charge in [0.1, 0.15) is 5.75 Å². The van der Waals surface area contributed by atoms with Crippen LogP contribution in [0.1, 0.15) is 17.5 Å². The smallest absolute Gasteiger partial charge is 0.239 e. The number of hydrogen-bond acceptors (Lipinski definition) is 4. The molecule has 0 saturated heterocycles. The van der Waals surface area contributed by atoms with Gasteiger partial charge in [0, 0.05) is 26.6 Å². The number of aliphatic hydroxyl groups excluding tert-OH is 1. The fourth-order valence-electron chi connectivity index (χ4n) is 3.68. The van der Waals surface area contributed by atoms with Crippen LogP contribution >= 0.6 is 0 Å². The van der Waals surface area contributed by atoms with Crippen LogP contribution in [0.3, 0.4) is 0 Å². The van der Waals surface area contributed by atoms with Gasteiger partial charge in [-0.15, -0.1) is 0 Å². The van der Waals surface area contributed by atoms with Gasteiger partial charge in [-0.3, -0.25) is 4.79 Å². The summed E-state index contributed by atoms with van der Waals surface area (Å²) in [5, 5.41) is 14.5. The maximum Gasteiger partial charge on any atom is 0.239 e. The molecule has 1 atom stereocenters. The van der Waals surface area contributed by atoms with Crippen LogP contribution in [0.2, 0.25) is 0 Å². The second-order valence-corrected chi connectivity index (χ2v) is 7.77. The Labute approximate surface area is 184 Å². The summed E-state index contributed by atoms with van der Waals surface area (Å²) in [6.45, 7) is 1.20. The molecule has 3 rings (SSSR count). The molecule has 0 unspecified atom stereocenters. The molecule has 31 heavy (non-hydrogen) atoms. The van der Waals surface area contributed by atoms with E-state index in [-0.39, 0.29) is 18.6 Å². The first kappa shape index (κ1) is 22.8. The van der Waals surface area contributed by atoms with E-state index in [1.54, 1.807) is 4.90 Å². The minimum atomic E-state index is -0.276. The van der Waals surface area contributed by atoms with Crippen LogP contribution in [-0.4, -0.2) is 55.8 Å². The Hall–Kier alpha value is -2.89. The number of rotatable bonds is 11. The molecule has 0 aliphatic heterocycles. The molecule has 0 heterocycles. The molecule has 5 nitrogen and oxygen atoms in total. The second-order valence-electron chi connectivity index (χ2n) is 7.77. The standard InChI is InChI=1S/C26H32N2O3/c1-27-24(19-20-12-13-21-8-3-4-10-23(21)18-20)26(30)28(2)15-14-22-9-5-6-11-25(22)31-17-7-16-29/h3-6,8-13,18,24,27,29H,7,14-17,19H2,1-2H3/t24-/m1/s1. The summed E-state index contributed by atoms with van der Waals surface area (Å²) in [6, 6.07) is 22.2. The summed E-state index contributed by atoms with van der Waals surface area (Å²) in [6.07, 6.45) is 1.96. The minimum absolute atomic E-state index is 0.0781. The Kier molecular flexibility index (Phi) is 8.44. The lowest BCUT2D eigenvalue weighted by Crippen LogP contribution is -2.45. The van der Waals surface area contributed by atoms with Crippen molar-refractivity contribution in [2.75, 3.05) is 33.9 Å². The largest absolute Gasteiger partial charge is 0.493 e. The van der Waals surface area contributed by atoms with Crippen molar-refractivity contribution in [3.05, 3.63) is 77.9 Å². The highest BCUT2D eigenvalue weighted by atomic mass is 16.5. The topological polar surface area (TPSA) is 61.8 Å². The van der Waals surface area contributed by atoms with Crippen molar-refractivity contribution < 1.29 is 14.6 Å². The molecular weight excluding hydrogens is 388 g/mol. The third kappa shape index (κ3) is 6.29. The molecule has 5 heteroatoms. The Morgan fingerprint density at radius 3 is 2.58 bits per heavy atom. The number of likely N-dealkylation sites (N-methyl/N-ethyl adjacent to an activating group) is 2. The van der Waals surface area contributed by atoms with E-state index in [1.165, 1.54) is 10.8 Å². The van der Waals surface area contributed by atoms with E-state index in [0.717, 1.165) is 16.9 Å². The van der Waals surface area contributed by atoms with Gasteiger partial charge in [-0.1, -0.05) is 60.7 Å². The predicted molar refractivity (Wildman–Crippen MR) is 125 cm³/mol. The van der Waals surface area contributed by atoms with Crippen molar-refractivity contribution >= 4 is 16.7 Å².